The molecule has 2 rings (SSSR count). The smallest absolute Gasteiger partial charge is 0.184 e. The van der Waals surface area contributed by atoms with Crippen LogP contribution in [0.15, 0.2) is 0 Å². The number of epoxide rings is 1. The lowest BCUT2D eigenvalue weighted by Gasteiger charge is -2.35. The Bertz CT molecular complexity index is 486. The second-order valence-corrected chi connectivity index (χ2v) is 11.6. The molecule has 0 amide bonds. The Labute approximate surface area is 200 Å². The van der Waals surface area contributed by atoms with Gasteiger partial charge in [-0.2, -0.15) is 0 Å². The fourth-order valence-electron chi connectivity index (χ4n) is 6.01. The van der Waals surface area contributed by atoms with Gasteiger partial charge in [-0.15, -0.1) is 0 Å². The van der Waals surface area contributed by atoms with Crippen molar-refractivity contribution in [3.05, 3.63) is 0 Å². The first-order valence-corrected chi connectivity index (χ1v) is 14.1. The van der Waals surface area contributed by atoms with Gasteiger partial charge in [0, 0.05) is 13.2 Å². The first-order chi connectivity index (χ1) is 15.3. The van der Waals surface area contributed by atoms with E-state index in [9.17, 15) is 0 Å². The summed E-state index contributed by atoms with van der Waals surface area (Å²) in [6.07, 6.45) is 17.9. The maximum atomic E-state index is 6.43. The Morgan fingerprint density at radius 2 is 1.75 bits per heavy atom. The van der Waals surface area contributed by atoms with E-state index in [0.717, 1.165) is 17.8 Å². The van der Waals surface area contributed by atoms with Crippen LogP contribution in [0.25, 0.3) is 0 Å². The lowest BCUT2D eigenvalue weighted by molar-refractivity contribution is 0.0950. The van der Waals surface area contributed by atoms with Crippen LogP contribution in [0.1, 0.15) is 118 Å². The molecule has 4 heteroatoms. The van der Waals surface area contributed by atoms with Crippen LogP contribution < -0.4 is 11.1 Å². The molecule has 0 aromatic carbocycles. The molecule has 0 aromatic heterocycles. The van der Waals surface area contributed by atoms with E-state index in [0.29, 0.717) is 24.0 Å². The third-order valence-electron chi connectivity index (χ3n) is 8.30. The standard InChI is InChI=1S/C28H56N2O2/c1-7-8-14-23-17-18-25(30-27(23)29)16-10-9-12-21(4)24(19-20(2)3)15-11-13-22(5)26-28(31-6)32-26/h20-28,30H,7-19,29H2,1-6H3. The zero-order chi connectivity index (χ0) is 23.5. The minimum Gasteiger partial charge on any atom is -0.353 e. The summed E-state index contributed by atoms with van der Waals surface area (Å²) in [5.41, 5.74) is 6.43. The van der Waals surface area contributed by atoms with Gasteiger partial charge in [0.2, 0.25) is 0 Å². The second kappa shape index (κ2) is 15.0. The van der Waals surface area contributed by atoms with Gasteiger partial charge in [0.25, 0.3) is 0 Å². The molecule has 0 aromatic rings. The molecule has 4 nitrogen and oxygen atoms in total. The molecule has 32 heavy (non-hydrogen) atoms. The van der Waals surface area contributed by atoms with Crippen molar-refractivity contribution in [2.45, 2.75) is 143 Å². The highest BCUT2D eigenvalue weighted by Gasteiger charge is 2.42. The van der Waals surface area contributed by atoms with Crippen molar-refractivity contribution < 1.29 is 9.47 Å². The summed E-state index contributed by atoms with van der Waals surface area (Å²) in [5.74, 6) is 3.79. The van der Waals surface area contributed by atoms with E-state index in [4.69, 9.17) is 15.2 Å². The lowest BCUT2D eigenvalue weighted by Crippen LogP contribution is -2.52. The van der Waals surface area contributed by atoms with E-state index in [1.807, 2.05) is 0 Å². The van der Waals surface area contributed by atoms with E-state index in [2.05, 4.69) is 39.9 Å². The van der Waals surface area contributed by atoms with Gasteiger partial charge in [0.05, 0.1) is 6.17 Å². The summed E-state index contributed by atoms with van der Waals surface area (Å²) in [6, 6.07) is 0.645. The second-order valence-electron chi connectivity index (χ2n) is 11.6. The van der Waals surface area contributed by atoms with Crippen LogP contribution in [0.4, 0.5) is 0 Å². The summed E-state index contributed by atoms with van der Waals surface area (Å²) in [5, 5.41) is 3.73. The van der Waals surface area contributed by atoms with Crippen LogP contribution in [-0.2, 0) is 9.47 Å². The van der Waals surface area contributed by atoms with E-state index < -0.39 is 0 Å². The molecule has 0 bridgehead atoms. The van der Waals surface area contributed by atoms with Gasteiger partial charge in [-0.1, -0.05) is 79.6 Å². The van der Waals surface area contributed by atoms with Crippen molar-refractivity contribution in [1.29, 1.82) is 0 Å². The average molecular weight is 453 g/mol. The van der Waals surface area contributed by atoms with Crippen molar-refractivity contribution in [1.82, 2.24) is 5.32 Å². The number of nitrogens with one attached hydrogen (secondary N) is 1. The van der Waals surface area contributed by atoms with Crippen molar-refractivity contribution in [3.8, 4) is 0 Å². The molecule has 8 unspecified atom stereocenters. The number of piperidine rings is 1. The zero-order valence-electron chi connectivity index (χ0n) is 22.3. The van der Waals surface area contributed by atoms with E-state index in [1.165, 1.54) is 83.5 Å². The summed E-state index contributed by atoms with van der Waals surface area (Å²) >= 11 is 0. The molecular weight excluding hydrogens is 396 g/mol. The van der Waals surface area contributed by atoms with Gasteiger partial charge in [-0.3, -0.25) is 5.32 Å². The highest BCUT2D eigenvalue weighted by molar-refractivity contribution is 4.84. The van der Waals surface area contributed by atoms with Crippen molar-refractivity contribution in [2.75, 3.05) is 7.11 Å². The number of nitrogens with two attached hydrogens (primary N) is 1. The van der Waals surface area contributed by atoms with E-state index in [-0.39, 0.29) is 12.5 Å². The fraction of sp³-hybridized carbons (Fsp3) is 1.00. The van der Waals surface area contributed by atoms with Crippen LogP contribution in [0.3, 0.4) is 0 Å². The number of ether oxygens (including phenoxy) is 2. The van der Waals surface area contributed by atoms with Crippen molar-refractivity contribution in [2.24, 2.45) is 35.3 Å². The minimum atomic E-state index is 0.0609. The molecule has 0 aliphatic carbocycles. The molecular formula is C28H56N2O2. The highest BCUT2D eigenvalue weighted by Crippen LogP contribution is 2.35. The molecule has 0 spiro atoms. The van der Waals surface area contributed by atoms with Gasteiger partial charge >= 0.3 is 0 Å². The largest absolute Gasteiger partial charge is 0.353 e. The molecule has 3 N–H and O–H groups in total. The molecule has 2 aliphatic heterocycles. The maximum absolute atomic E-state index is 6.43. The monoisotopic (exact) mass is 452 g/mol. The SMILES string of the molecule is CCCCC1CCC(CCCCC(C)C(CCCC(C)C2OC2OC)CC(C)C)NC1N. The van der Waals surface area contributed by atoms with Gasteiger partial charge in [0.15, 0.2) is 6.29 Å². The first-order valence-electron chi connectivity index (χ1n) is 14.1. The van der Waals surface area contributed by atoms with Crippen LogP contribution in [0, 0.1) is 29.6 Å². The maximum Gasteiger partial charge on any atom is 0.184 e. The molecule has 2 saturated heterocycles. The molecule has 0 radical (unpaired) electrons. The number of methoxy groups -OCH3 is 1. The molecule has 2 fully saturated rings. The molecule has 190 valence electrons. The van der Waals surface area contributed by atoms with Gasteiger partial charge in [-0.25, -0.2) is 0 Å². The third kappa shape index (κ3) is 9.99. The molecule has 2 aliphatic rings. The number of hydrogen-bond acceptors (Lipinski definition) is 4. The van der Waals surface area contributed by atoms with Gasteiger partial charge in [0.1, 0.15) is 6.10 Å². The van der Waals surface area contributed by atoms with E-state index >= 15 is 0 Å². The van der Waals surface area contributed by atoms with Crippen molar-refractivity contribution >= 4 is 0 Å². The van der Waals surface area contributed by atoms with Gasteiger partial charge in [-0.05, 0) is 68.1 Å². The molecule has 8 atom stereocenters. The highest BCUT2D eigenvalue weighted by atomic mass is 16.8. The van der Waals surface area contributed by atoms with Crippen LogP contribution in [0.5, 0.6) is 0 Å². The number of rotatable bonds is 17. The number of hydrogen-bond donors (Lipinski definition) is 2. The topological polar surface area (TPSA) is 59.8 Å². The Balaban J connectivity index is 1.62. The quantitative estimate of drug-likeness (QED) is 0.187. The van der Waals surface area contributed by atoms with Gasteiger partial charge < -0.3 is 15.2 Å². The van der Waals surface area contributed by atoms with Crippen LogP contribution in [0.2, 0.25) is 0 Å². The Kier molecular flexibility index (Phi) is 13.1. The average Bonchev–Trinajstić information content (AvgIpc) is 3.55. The van der Waals surface area contributed by atoms with Crippen molar-refractivity contribution in [3.63, 3.8) is 0 Å². The number of unbranched alkanes of at least 4 members (excludes halogenated alkanes) is 2. The van der Waals surface area contributed by atoms with E-state index in [1.54, 1.807) is 7.11 Å². The summed E-state index contributed by atoms with van der Waals surface area (Å²) in [6.45, 7) is 11.9. The Morgan fingerprint density at radius 1 is 0.969 bits per heavy atom. The Hall–Kier alpha value is -0.160. The molecule has 2 heterocycles. The lowest BCUT2D eigenvalue weighted by atomic mass is 9.79. The van der Waals surface area contributed by atoms with Crippen LogP contribution >= 0.6 is 0 Å². The first kappa shape index (κ1) is 28.1. The fourth-order valence-corrected chi connectivity index (χ4v) is 6.01. The normalized spacial score (nSPS) is 30.9. The third-order valence-corrected chi connectivity index (χ3v) is 8.30. The predicted molar refractivity (Wildman–Crippen MR) is 136 cm³/mol. The minimum absolute atomic E-state index is 0.0609. The predicted octanol–water partition coefficient (Wildman–Crippen LogP) is 6.87. The Morgan fingerprint density at radius 3 is 2.38 bits per heavy atom. The van der Waals surface area contributed by atoms with Crippen LogP contribution in [-0.4, -0.2) is 31.7 Å². The summed E-state index contributed by atoms with van der Waals surface area (Å²) in [4.78, 5) is 0. The summed E-state index contributed by atoms with van der Waals surface area (Å²) in [7, 11) is 1.75. The zero-order valence-corrected chi connectivity index (χ0v) is 22.3. The summed E-state index contributed by atoms with van der Waals surface area (Å²) < 4.78 is 10.9. The molecule has 0 saturated carbocycles.